The van der Waals surface area contributed by atoms with Crippen LogP contribution in [0, 0.1) is 5.92 Å². The predicted molar refractivity (Wildman–Crippen MR) is 133 cm³/mol. The number of carbonyl (C=O) groups is 3. The van der Waals surface area contributed by atoms with Crippen LogP contribution in [-0.4, -0.2) is 46.3 Å². The van der Waals surface area contributed by atoms with Crippen molar-refractivity contribution in [3.8, 4) is 10.7 Å². The van der Waals surface area contributed by atoms with Crippen LogP contribution in [0.15, 0.2) is 54.0 Å². The zero-order valence-electron chi connectivity index (χ0n) is 19.5. The average Bonchev–Trinajstić information content (AvgIpc) is 3.57. The Morgan fingerprint density at radius 1 is 1.06 bits per heavy atom. The van der Waals surface area contributed by atoms with Gasteiger partial charge >= 0.3 is 0 Å². The van der Waals surface area contributed by atoms with Crippen LogP contribution in [0.3, 0.4) is 0 Å². The molecular formula is C26H30N4O3S. The minimum Gasteiger partial charge on any atom is -0.343 e. The van der Waals surface area contributed by atoms with Gasteiger partial charge in [0.25, 0.3) is 5.91 Å². The first-order chi connectivity index (χ1) is 16.5. The first-order valence-corrected chi connectivity index (χ1v) is 12.6. The summed E-state index contributed by atoms with van der Waals surface area (Å²) in [6.45, 7) is 1.78. The van der Waals surface area contributed by atoms with E-state index in [1.807, 2.05) is 24.3 Å². The van der Waals surface area contributed by atoms with Crippen molar-refractivity contribution in [3.05, 3.63) is 65.3 Å². The number of benzene rings is 1. The molecule has 1 fully saturated rings. The van der Waals surface area contributed by atoms with E-state index in [0.29, 0.717) is 22.0 Å². The molecule has 0 saturated heterocycles. The molecule has 0 spiro atoms. The van der Waals surface area contributed by atoms with Crippen molar-refractivity contribution in [2.45, 2.75) is 51.1 Å². The molecule has 34 heavy (non-hydrogen) atoms. The number of hydrogen-bond acceptors (Lipinski definition) is 6. The van der Waals surface area contributed by atoms with Crippen LogP contribution in [0.2, 0.25) is 0 Å². The number of nitrogens with one attached hydrogen (secondary N) is 2. The summed E-state index contributed by atoms with van der Waals surface area (Å²) >= 11 is 1.33. The SMILES string of the molecule is CN[C@@H](C)C(=O)N[C@H](C(=O)n1cccc1-c1nc(C(=O)c2ccccc2)cs1)C1CCCCC1. The number of amides is 1. The molecule has 0 radical (unpaired) electrons. The highest BCUT2D eigenvalue weighted by molar-refractivity contribution is 7.13. The molecule has 1 aromatic carbocycles. The first kappa shape index (κ1) is 24.0. The summed E-state index contributed by atoms with van der Waals surface area (Å²) < 4.78 is 1.57. The van der Waals surface area contributed by atoms with Gasteiger partial charge in [0.15, 0.2) is 0 Å². The van der Waals surface area contributed by atoms with E-state index in [1.54, 1.807) is 48.3 Å². The van der Waals surface area contributed by atoms with Gasteiger partial charge in [0, 0.05) is 17.1 Å². The fraction of sp³-hybridized carbons (Fsp3) is 0.385. The smallest absolute Gasteiger partial charge is 0.254 e. The third kappa shape index (κ3) is 5.18. The molecule has 1 aliphatic carbocycles. The number of ketones is 1. The Morgan fingerprint density at radius 2 is 1.79 bits per heavy atom. The normalized spacial score (nSPS) is 16.1. The first-order valence-electron chi connectivity index (χ1n) is 11.7. The number of hydrogen-bond donors (Lipinski definition) is 2. The standard InChI is InChI=1S/C26H30N4O3S/c1-17(27-2)24(32)29-22(18-10-5-3-6-11-18)26(33)30-15-9-14-21(30)25-28-20(16-34-25)23(31)19-12-7-4-8-13-19/h4,7-9,12-18,22,27H,3,5-6,10-11H2,1-2H3,(H,29,32)/t17-,22-/m0/s1. The number of nitrogens with zero attached hydrogens (tertiary/aromatic N) is 2. The van der Waals surface area contributed by atoms with E-state index in [9.17, 15) is 14.4 Å². The minimum atomic E-state index is -0.611. The van der Waals surface area contributed by atoms with Gasteiger partial charge in [-0.2, -0.15) is 0 Å². The molecule has 7 nitrogen and oxygen atoms in total. The molecule has 2 N–H and O–H groups in total. The van der Waals surface area contributed by atoms with Gasteiger partial charge < -0.3 is 10.6 Å². The highest BCUT2D eigenvalue weighted by Gasteiger charge is 2.33. The molecule has 8 heteroatoms. The molecule has 1 amide bonds. The molecule has 1 aliphatic rings. The van der Waals surface area contributed by atoms with Crippen molar-refractivity contribution in [1.82, 2.24) is 20.2 Å². The quantitative estimate of drug-likeness (QED) is 0.475. The number of carbonyl (C=O) groups excluding carboxylic acids is 3. The predicted octanol–water partition coefficient (Wildman–Crippen LogP) is 4.16. The Hall–Kier alpha value is -3.10. The fourth-order valence-corrected chi connectivity index (χ4v) is 5.21. The van der Waals surface area contributed by atoms with Crippen LogP contribution in [0.1, 0.15) is 59.9 Å². The summed E-state index contributed by atoms with van der Waals surface area (Å²) in [4.78, 5) is 43.8. The molecule has 178 valence electrons. The molecule has 2 atom stereocenters. The Balaban J connectivity index is 1.60. The third-order valence-corrected chi connectivity index (χ3v) is 7.35. The average molecular weight is 479 g/mol. The zero-order valence-corrected chi connectivity index (χ0v) is 20.3. The lowest BCUT2D eigenvalue weighted by atomic mass is 9.83. The summed E-state index contributed by atoms with van der Waals surface area (Å²) in [5.41, 5.74) is 1.55. The number of likely N-dealkylation sites (N-methyl/N-ethyl adjacent to an activating group) is 1. The summed E-state index contributed by atoms with van der Waals surface area (Å²) in [7, 11) is 1.72. The van der Waals surface area contributed by atoms with Crippen LogP contribution in [-0.2, 0) is 4.79 Å². The molecular weight excluding hydrogens is 448 g/mol. The second-order valence-electron chi connectivity index (χ2n) is 8.73. The topological polar surface area (TPSA) is 93.1 Å². The largest absolute Gasteiger partial charge is 0.343 e. The second kappa shape index (κ2) is 10.9. The van der Waals surface area contributed by atoms with E-state index in [4.69, 9.17) is 0 Å². The Bertz CT molecular complexity index is 1150. The summed E-state index contributed by atoms with van der Waals surface area (Å²) in [6.07, 6.45) is 6.80. The van der Waals surface area contributed by atoms with Crippen molar-refractivity contribution >= 4 is 28.9 Å². The van der Waals surface area contributed by atoms with Crippen LogP contribution >= 0.6 is 11.3 Å². The molecule has 1 saturated carbocycles. The lowest BCUT2D eigenvalue weighted by Crippen LogP contribution is -2.53. The molecule has 0 unspecified atom stereocenters. The highest BCUT2D eigenvalue weighted by Crippen LogP contribution is 2.30. The van der Waals surface area contributed by atoms with Crippen molar-refractivity contribution in [2.24, 2.45) is 5.92 Å². The Morgan fingerprint density at radius 3 is 2.50 bits per heavy atom. The van der Waals surface area contributed by atoms with Crippen molar-refractivity contribution < 1.29 is 14.4 Å². The molecule has 2 aromatic heterocycles. The zero-order chi connectivity index (χ0) is 24.1. The summed E-state index contributed by atoms with van der Waals surface area (Å²) in [5, 5.41) is 8.26. The van der Waals surface area contributed by atoms with Crippen molar-refractivity contribution in [3.63, 3.8) is 0 Å². The van der Waals surface area contributed by atoms with Gasteiger partial charge in [0.05, 0.1) is 11.7 Å². The molecule has 2 heterocycles. The van der Waals surface area contributed by atoms with Crippen LogP contribution in [0.4, 0.5) is 0 Å². The van der Waals surface area contributed by atoms with Gasteiger partial charge in [0.1, 0.15) is 16.7 Å². The second-order valence-corrected chi connectivity index (χ2v) is 9.59. The van der Waals surface area contributed by atoms with Crippen molar-refractivity contribution in [2.75, 3.05) is 7.05 Å². The molecule has 3 aromatic rings. The Kier molecular flexibility index (Phi) is 7.70. The van der Waals surface area contributed by atoms with Crippen LogP contribution in [0.5, 0.6) is 0 Å². The van der Waals surface area contributed by atoms with Gasteiger partial charge in [0.2, 0.25) is 11.7 Å². The van der Waals surface area contributed by atoms with Gasteiger partial charge in [-0.05, 0) is 44.9 Å². The number of rotatable bonds is 8. The van der Waals surface area contributed by atoms with E-state index < -0.39 is 12.1 Å². The highest BCUT2D eigenvalue weighted by atomic mass is 32.1. The van der Waals surface area contributed by atoms with Crippen LogP contribution in [0.25, 0.3) is 10.7 Å². The lowest BCUT2D eigenvalue weighted by molar-refractivity contribution is -0.123. The van der Waals surface area contributed by atoms with E-state index in [0.717, 1.165) is 32.1 Å². The summed E-state index contributed by atoms with van der Waals surface area (Å²) in [5.74, 6) is -0.420. The minimum absolute atomic E-state index is 0.0935. The van der Waals surface area contributed by atoms with Gasteiger partial charge in [-0.15, -0.1) is 11.3 Å². The van der Waals surface area contributed by atoms with E-state index in [2.05, 4.69) is 15.6 Å². The maximum absolute atomic E-state index is 13.7. The van der Waals surface area contributed by atoms with Gasteiger partial charge in [-0.3, -0.25) is 19.0 Å². The lowest BCUT2D eigenvalue weighted by Gasteiger charge is -2.31. The van der Waals surface area contributed by atoms with E-state index in [1.165, 1.54) is 11.3 Å². The molecule has 0 aliphatic heterocycles. The third-order valence-electron chi connectivity index (χ3n) is 6.49. The van der Waals surface area contributed by atoms with E-state index >= 15 is 0 Å². The van der Waals surface area contributed by atoms with Gasteiger partial charge in [-0.1, -0.05) is 49.6 Å². The van der Waals surface area contributed by atoms with E-state index in [-0.39, 0.29) is 23.5 Å². The molecule has 4 rings (SSSR count). The fourth-order valence-electron chi connectivity index (χ4n) is 4.39. The van der Waals surface area contributed by atoms with Crippen LogP contribution < -0.4 is 10.6 Å². The summed E-state index contributed by atoms with van der Waals surface area (Å²) in [6, 6.07) is 11.6. The number of thiazole rings is 1. The maximum Gasteiger partial charge on any atom is 0.254 e. The van der Waals surface area contributed by atoms with Crippen molar-refractivity contribution in [1.29, 1.82) is 0 Å². The van der Waals surface area contributed by atoms with Gasteiger partial charge in [-0.25, -0.2) is 4.98 Å². The molecule has 0 bridgehead atoms. The monoisotopic (exact) mass is 478 g/mol. The maximum atomic E-state index is 13.7. The number of aromatic nitrogens is 2. The Labute approximate surface area is 203 Å².